The highest BCUT2D eigenvalue weighted by atomic mass is 16.3. The van der Waals surface area contributed by atoms with Crippen molar-refractivity contribution in [1.29, 1.82) is 0 Å². The maximum absolute atomic E-state index is 11.7. The Kier molecular flexibility index (Phi) is 4.83. The highest BCUT2D eigenvalue weighted by Crippen LogP contribution is 2.02. The van der Waals surface area contributed by atoms with Crippen molar-refractivity contribution in [2.45, 2.75) is 13.5 Å². The molecule has 2 aromatic rings. The van der Waals surface area contributed by atoms with E-state index in [2.05, 4.69) is 10.5 Å². The zero-order chi connectivity index (χ0) is 14.2. The van der Waals surface area contributed by atoms with E-state index in [0.29, 0.717) is 5.71 Å². The van der Waals surface area contributed by atoms with Crippen LogP contribution < -0.4 is 9.99 Å². The summed E-state index contributed by atoms with van der Waals surface area (Å²) in [5.74, 6) is 0.567. The Hall–Kier alpha value is -2.69. The van der Waals surface area contributed by atoms with Gasteiger partial charge in [0, 0.05) is 12.1 Å². The second-order valence-corrected chi connectivity index (χ2v) is 4.18. The van der Waals surface area contributed by atoms with Crippen LogP contribution in [0.4, 0.5) is 0 Å². The van der Waals surface area contributed by atoms with Crippen LogP contribution in [0.1, 0.15) is 12.7 Å². The van der Waals surface area contributed by atoms with Gasteiger partial charge in [-0.3, -0.25) is 4.79 Å². The fraction of sp³-hybridized carbons (Fsp3) is 0.133. The van der Waals surface area contributed by atoms with E-state index in [1.165, 1.54) is 0 Å². The zero-order valence-corrected chi connectivity index (χ0v) is 11.2. The second kappa shape index (κ2) is 7.04. The minimum absolute atomic E-state index is 0.174. The van der Waals surface area contributed by atoms with Gasteiger partial charge in [-0.1, -0.05) is 6.07 Å². The molecule has 2 heterocycles. The molecule has 1 N–H and O–H groups in total. The van der Waals surface area contributed by atoms with Gasteiger partial charge in [0.15, 0.2) is 12.4 Å². The number of pyridine rings is 1. The Labute approximate surface area is 117 Å². The van der Waals surface area contributed by atoms with Gasteiger partial charge in [-0.15, -0.1) is 0 Å². The predicted molar refractivity (Wildman–Crippen MR) is 75.6 cm³/mol. The van der Waals surface area contributed by atoms with E-state index in [4.69, 9.17) is 4.42 Å². The highest BCUT2D eigenvalue weighted by Gasteiger charge is 2.06. The summed E-state index contributed by atoms with van der Waals surface area (Å²) >= 11 is 0. The molecule has 102 valence electrons. The number of hydrogen-bond acceptors (Lipinski definition) is 3. The summed E-state index contributed by atoms with van der Waals surface area (Å²) < 4.78 is 6.93. The first-order valence-electron chi connectivity index (χ1n) is 6.23. The first-order chi connectivity index (χ1) is 9.74. The molecule has 0 aromatic carbocycles. The molecule has 0 aliphatic heterocycles. The number of rotatable bonds is 5. The van der Waals surface area contributed by atoms with Crippen molar-refractivity contribution in [1.82, 2.24) is 5.43 Å². The minimum Gasteiger partial charge on any atom is -0.465 e. The molecule has 0 unspecified atom stereocenters. The van der Waals surface area contributed by atoms with Crippen molar-refractivity contribution in [2.75, 3.05) is 0 Å². The molecule has 0 spiro atoms. The fourth-order valence-electron chi connectivity index (χ4n) is 1.52. The molecule has 1 amide bonds. The molecule has 0 bridgehead atoms. The summed E-state index contributed by atoms with van der Waals surface area (Å²) in [6.45, 7) is 2.04. The maximum Gasteiger partial charge on any atom is 0.305 e. The smallest absolute Gasteiger partial charge is 0.305 e. The minimum atomic E-state index is -0.174. The molecule has 0 aliphatic rings. The van der Waals surface area contributed by atoms with Crippen LogP contribution in [0, 0.1) is 0 Å². The lowest BCUT2D eigenvalue weighted by Crippen LogP contribution is -2.41. The number of carbonyl (C=O) groups is 1. The lowest BCUT2D eigenvalue weighted by atomic mass is 10.3. The Morgan fingerprint density at radius 2 is 2.15 bits per heavy atom. The molecule has 0 saturated heterocycles. The summed E-state index contributed by atoms with van der Waals surface area (Å²) in [7, 11) is 0. The topological polar surface area (TPSA) is 58.5 Å². The number of nitrogens with zero attached hydrogens (tertiary/aromatic N) is 2. The van der Waals surface area contributed by atoms with Gasteiger partial charge in [-0.25, -0.2) is 5.43 Å². The summed E-state index contributed by atoms with van der Waals surface area (Å²) in [6, 6.07) is 9.29. The molecule has 2 rings (SSSR count). The summed E-state index contributed by atoms with van der Waals surface area (Å²) in [4.78, 5) is 11.7. The van der Waals surface area contributed by atoms with Crippen LogP contribution in [0.25, 0.3) is 6.08 Å². The maximum atomic E-state index is 11.7. The van der Waals surface area contributed by atoms with Gasteiger partial charge >= 0.3 is 5.91 Å². The van der Waals surface area contributed by atoms with Crippen molar-refractivity contribution < 1.29 is 13.8 Å². The second-order valence-electron chi connectivity index (χ2n) is 4.18. The molecule has 0 aliphatic carbocycles. The van der Waals surface area contributed by atoms with Crippen LogP contribution in [-0.2, 0) is 11.3 Å². The fourth-order valence-corrected chi connectivity index (χ4v) is 1.52. The van der Waals surface area contributed by atoms with E-state index < -0.39 is 0 Å². The Balaban J connectivity index is 1.84. The van der Waals surface area contributed by atoms with Crippen LogP contribution in [0.15, 0.2) is 64.6 Å². The first-order valence-corrected chi connectivity index (χ1v) is 6.23. The summed E-state index contributed by atoms with van der Waals surface area (Å²) in [5, 5.41) is 3.99. The molecule has 5 nitrogen and oxygen atoms in total. The Bertz CT molecular complexity index is 601. The molecule has 0 saturated carbocycles. The van der Waals surface area contributed by atoms with Crippen molar-refractivity contribution >= 4 is 17.7 Å². The average molecular weight is 270 g/mol. The normalized spacial score (nSPS) is 11.8. The molecular formula is C15H16N3O2+. The van der Waals surface area contributed by atoms with Gasteiger partial charge in [0.1, 0.15) is 5.76 Å². The molecule has 0 atom stereocenters. The molecule has 20 heavy (non-hydrogen) atoms. The standard InChI is InChI=1S/C15H15N3O2/c1-13(7-8-14-6-5-11-20-14)16-17-15(19)12-18-9-3-2-4-10-18/h2-11H,12H2,1H3/p+1. The number of aromatic nitrogens is 1. The molecule has 0 fully saturated rings. The Morgan fingerprint density at radius 3 is 2.85 bits per heavy atom. The van der Waals surface area contributed by atoms with E-state index in [1.807, 2.05) is 42.7 Å². The van der Waals surface area contributed by atoms with Crippen molar-refractivity contribution in [3.63, 3.8) is 0 Å². The third kappa shape index (κ3) is 4.53. The van der Waals surface area contributed by atoms with Gasteiger partial charge < -0.3 is 4.42 Å². The van der Waals surface area contributed by atoms with Crippen LogP contribution in [0.3, 0.4) is 0 Å². The first kappa shape index (κ1) is 13.7. The van der Waals surface area contributed by atoms with Gasteiger partial charge in [-0.05, 0) is 31.2 Å². The van der Waals surface area contributed by atoms with E-state index >= 15 is 0 Å². The van der Waals surface area contributed by atoms with Gasteiger partial charge in [0.25, 0.3) is 0 Å². The number of hydrazone groups is 1. The average Bonchev–Trinajstić information content (AvgIpc) is 2.97. The zero-order valence-electron chi connectivity index (χ0n) is 11.2. The highest BCUT2D eigenvalue weighted by molar-refractivity contribution is 5.96. The molecular weight excluding hydrogens is 254 g/mol. The molecule has 2 aromatic heterocycles. The number of carbonyl (C=O) groups excluding carboxylic acids is 1. The van der Waals surface area contributed by atoms with Gasteiger partial charge in [-0.2, -0.15) is 9.67 Å². The van der Waals surface area contributed by atoms with Gasteiger partial charge in [0.05, 0.1) is 12.0 Å². The number of hydrogen-bond donors (Lipinski definition) is 1. The Morgan fingerprint density at radius 1 is 1.35 bits per heavy atom. The van der Waals surface area contributed by atoms with E-state index in [0.717, 1.165) is 5.76 Å². The number of nitrogens with one attached hydrogen (secondary N) is 1. The van der Waals surface area contributed by atoms with E-state index in [9.17, 15) is 4.79 Å². The quantitative estimate of drug-likeness (QED) is 0.511. The van der Waals surface area contributed by atoms with Crippen molar-refractivity contribution in [3.8, 4) is 0 Å². The third-order valence-electron chi connectivity index (χ3n) is 2.49. The summed E-state index contributed by atoms with van der Waals surface area (Å²) in [5.41, 5.74) is 3.20. The van der Waals surface area contributed by atoms with Crippen LogP contribution in [0.2, 0.25) is 0 Å². The van der Waals surface area contributed by atoms with E-state index in [-0.39, 0.29) is 12.5 Å². The SMILES string of the molecule is CC(C=Cc1ccco1)=NNC(=O)C[n+]1ccccc1. The lowest BCUT2D eigenvalue weighted by molar-refractivity contribution is -0.684. The largest absolute Gasteiger partial charge is 0.465 e. The number of amides is 1. The van der Waals surface area contributed by atoms with E-state index in [1.54, 1.807) is 29.9 Å². The van der Waals surface area contributed by atoms with Crippen molar-refractivity contribution in [2.24, 2.45) is 5.10 Å². The van der Waals surface area contributed by atoms with Gasteiger partial charge in [0.2, 0.25) is 6.54 Å². The molecule has 5 heteroatoms. The third-order valence-corrected chi connectivity index (χ3v) is 2.49. The van der Waals surface area contributed by atoms with Crippen LogP contribution in [0.5, 0.6) is 0 Å². The lowest BCUT2D eigenvalue weighted by Gasteiger charge is -1.97. The number of furan rings is 1. The van der Waals surface area contributed by atoms with Crippen LogP contribution in [-0.4, -0.2) is 11.6 Å². The number of allylic oxidation sites excluding steroid dienone is 1. The predicted octanol–water partition coefficient (Wildman–Crippen LogP) is 1.77. The van der Waals surface area contributed by atoms with Crippen LogP contribution >= 0.6 is 0 Å². The molecule has 0 radical (unpaired) electrons. The summed E-state index contributed by atoms with van der Waals surface area (Å²) in [6.07, 6.45) is 8.82. The monoisotopic (exact) mass is 270 g/mol. The van der Waals surface area contributed by atoms with Crippen molar-refractivity contribution in [3.05, 3.63) is 60.8 Å².